The lowest BCUT2D eigenvalue weighted by Crippen LogP contribution is -2.45. The zero-order valence-corrected chi connectivity index (χ0v) is 19.8. The minimum atomic E-state index is -3.66. The van der Waals surface area contributed by atoms with Crippen molar-refractivity contribution in [1.82, 2.24) is 9.62 Å². The van der Waals surface area contributed by atoms with Gasteiger partial charge in [-0.2, -0.15) is 0 Å². The Morgan fingerprint density at radius 1 is 0.971 bits per heavy atom. The zero-order valence-electron chi connectivity index (χ0n) is 19.0. The molecule has 0 aliphatic carbocycles. The van der Waals surface area contributed by atoms with Gasteiger partial charge in [-0.3, -0.25) is 0 Å². The predicted molar refractivity (Wildman–Crippen MR) is 136 cm³/mol. The van der Waals surface area contributed by atoms with Crippen LogP contribution in [0.2, 0.25) is 0 Å². The molecule has 0 amide bonds. The molecule has 1 aromatic heterocycles. The third-order valence-corrected chi connectivity index (χ3v) is 8.12. The molecule has 0 saturated carbocycles. The maximum Gasteiger partial charge on any atom is 0.241 e. The molecular formula is C27H29N3O3S. The Morgan fingerprint density at radius 3 is 2.56 bits per heavy atom. The number of anilines is 1. The van der Waals surface area contributed by atoms with Gasteiger partial charge in [0.2, 0.25) is 10.0 Å². The maximum atomic E-state index is 13.3. The second-order valence-electron chi connectivity index (χ2n) is 8.87. The van der Waals surface area contributed by atoms with Crippen LogP contribution >= 0.6 is 0 Å². The first-order valence-corrected chi connectivity index (χ1v) is 13.1. The van der Waals surface area contributed by atoms with E-state index in [9.17, 15) is 8.42 Å². The Hall–Kier alpha value is -3.13. The highest BCUT2D eigenvalue weighted by atomic mass is 32.2. The van der Waals surface area contributed by atoms with Crippen LogP contribution in [0.25, 0.3) is 22.1 Å². The molecule has 0 radical (unpaired) electrons. The highest BCUT2D eigenvalue weighted by Gasteiger charge is 2.26. The summed E-state index contributed by atoms with van der Waals surface area (Å²) in [5, 5.41) is 1.17. The highest BCUT2D eigenvalue weighted by molar-refractivity contribution is 7.89. The van der Waals surface area contributed by atoms with E-state index in [2.05, 4.69) is 15.7 Å². The molecule has 0 unspecified atom stereocenters. The SMILES string of the molecule is Nc1cccc(-c2ccccc2S(=O)(=O)NC2CCN(CCc3coc4ccccc34)CC2)c1. The van der Waals surface area contributed by atoms with Crippen molar-refractivity contribution in [1.29, 1.82) is 0 Å². The second-order valence-corrected chi connectivity index (χ2v) is 10.5. The number of hydrogen-bond acceptors (Lipinski definition) is 5. The Kier molecular flexibility index (Phi) is 6.41. The number of nitrogens with zero attached hydrogens (tertiary/aromatic N) is 1. The summed E-state index contributed by atoms with van der Waals surface area (Å²) in [6.45, 7) is 2.65. The largest absolute Gasteiger partial charge is 0.464 e. The van der Waals surface area contributed by atoms with E-state index in [0.29, 0.717) is 11.3 Å². The number of para-hydroxylation sites is 1. The number of benzene rings is 3. The average molecular weight is 476 g/mol. The molecule has 0 atom stereocenters. The van der Waals surface area contributed by atoms with Crippen LogP contribution in [-0.2, 0) is 16.4 Å². The Morgan fingerprint density at radius 2 is 1.74 bits per heavy atom. The monoisotopic (exact) mass is 475 g/mol. The third kappa shape index (κ3) is 4.87. The van der Waals surface area contributed by atoms with Crippen molar-refractivity contribution >= 4 is 26.7 Å². The molecule has 176 valence electrons. The Labute approximate surface area is 200 Å². The number of sulfonamides is 1. The highest BCUT2D eigenvalue weighted by Crippen LogP contribution is 2.29. The number of nitrogens with one attached hydrogen (secondary N) is 1. The lowest BCUT2D eigenvalue weighted by Gasteiger charge is -2.32. The van der Waals surface area contributed by atoms with Crippen LogP contribution < -0.4 is 10.5 Å². The summed E-state index contributed by atoms with van der Waals surface area (Å²) in [4.78, 5) is 2.68. The fraction of sp³-hybridized carbons (Fsp3) is 0.259. The van der Waals surface area contributed by atoms with Crippen LogP contribution in [0.4, 0.5) is 5.69 Å². The van der Waals surface area contributed by atoms with Crippen LogP contribution in [0, 0.1) is 0 Å². The fourth-order valence-corrected chi connectivity index (χ4v) is 6.24. The first kappa shape index (κ1) is 22.7. The van der Waals surface area contributed by atoms with Crippen molar-refractivity contribution in [3.8, 4) is 11.1 Å². The van der Waals surface area contributed by atoms with Gasteiger partial charge in [0, 0.05) is 29.2 Å². The van der Waals surface area contributed by atoms with Crippen LogP contribution in [0.15, 0.2) is 88.4 Å². The molecule has 6 nitrogen and oxygen atoms in total. The van der Waals surface area contributed by atoms with Gasteiger partial charge < -0.3 is 15.1 Å². The van der Waals surface area contributed by atoms with Crippen molar-refractivity contribution in [2.75, 3.05) is 25.4 Å². The van der Waals surface area contributed by atoms with Crippen molar-refractivity contribution in [2.24, 2.45) is 0 Å². The smallest absolute Gasteiger partial charge is 0.241 e. The molecule has 34 heavy (non-hydrogen) atoms. The summed E-state index contributed by atoms with van der Waals surface area (Å²) < 4.78 is 35.2. The van der Waals surface area contributed by atoms with E-state index in [1.807, 2.05) is 48.7 Å². The number of fused-ring (bicyclic) bond motifs is 1. The van der Waals surface area contributed by atoms with Gasteiger partial charge >= 0.3 is 0 Å². The summed E-state index contributed by atoms with van der Waals surface area (Å²) in [5.41, 5.74) is 10.1. The molecule has 0 spiro atoms. The molecule has 7 heteroatoms. The minimum Gasteiger partial charge on any atom is -0.464 e. The molecule has 1 fully saturated rings. The van der Waals surface area contributed by atoms with Crippen LogP contribution in [0.3, 0.4) is 0 Å². The fourth-order valence-electron chi connectivity index (χ4n) is 4.71. The molecule has 4 aromatic rings. The van der Waals surface area contributed by atoms with Gasteiger partial charge in [0.05, 0.1) is 11.2 Å². The van der Waals surface area contributed by atoms with Gasteiger partial charge in [-0.25, -0.2) is 13.1 Å². The standard InChI is InChI=1S/C27H29N3O3S/c28-22-7-5-6-20(18-22)25-9-2-4-11-27(25)34(31,32)29-23-13-16-30(17-14-23)15-12-21-19-33-26-10-3-1-8-24(21)26/h1-11,18-19,23,29H,12-17,28H2. The van der Waals surface area contributed by atoms with Crippen LogP contribution in [0.1, 0.15) is 18.4 Å². The van der Waals surface area contributed by atoms with Gasteiger partial charge in [0.1, 0.15) is 5.58 Å². The Balaban J connectivity index is 1.21. The molecule has 1 saturated heterocycles. The number of hydrogen-bond donors (Lipinski definition) is 2. The number of piperidine rings is 1. The zero-order chi connectivity index (χ0) is 23.5. The molecule has 1 aliphatic heterocycles. The van der Waals surface area contributed by atoms with Crippen molar-refractivity contribution in [2.45, 2.75) is 30.2 Å². The van der Waals surface area contributed by atoms with E-state index in [1.165, 1.54) is 10.9 Å². The number of nitrogens with two attached hydrogens (primary N) is 1. The molecule has 1 aliphatic rings. The molecule has 3 aromatic carbocycles. The number of nitrogen functional groups attached to an aromatic ring is 1. The molecule has 5 rings (SSSR count). The first-order valence-electron chi connectivity index (χ1n) is 11.6. The summed E-state index contributed by atoms with van der Waals surface area (Å²) >= 11 is 0. The second kappa shape index (κ2) is 9.62. The van der Waals surface area contributed by atoms with E-state index in [4.69, 9.17) is 10.2 Å². The lowest BCUT2D eigenvalue weighted by molar-refractivity contribution is 0.209. The van der Waals surface area contributed by atoms with E-state index in [0.717, 1.165) is 50.0 Å². The Bertz CT molecular complexity index is 1390. The third-order valence-electron chi connectivity index (χ3n) is 6.54. The van der Waals surface area contributed by atoms with E-state index >= 15 is 0 Å². The summed E-state index contributed by atoms with van der Waals surface area (Å²) in [5.74, 6) is 0. The van der Waals surface area contributed by atoms with Gasteiger partial charge in [-0.15, -0.1) is 0 Å². The first-order chi connectivity index (χ1) is 16.5. The molecule has 0 bridgehead atoms. The maximum absolute atomic E-state index is 13.3. The molecule has 3 N–H and O–H groups in total. The van der Waals surface area contributed by atoms with Crippen LogP contribution in [-0.4, -0.2) is 39.0 Å². The quantitative estimate of drug-likeness (QED) is 0.379. The predicted octanol–water partition coefficient (Wildman–Crippen LogP) is 4.67. The number of furan rings is 1. The molecule has 2 heterocycles. The van der Waals surface area contributed by atoms with Crippen LogP contribution in [0.5, 0.6) is 0 Å². The topological polar surface area (TPSA) is 88.6 Å². The van der Waals surface area contributed by atoms with Gasteiger partial charge in [-0.05, 0) is 67.7 Å². The van der Waals surface area contributed by atoms with Gasteiger partial charge in [-0.1, -0.05) is 48.5 Å². The van der Waals surface area contributed by atoms with Gasteiger partial charge in [0.25, 0.3) is 0 Å². The van der Waals surface area contributed by atoms with Gasteiger partial charge in [0.15, 0.2) is 0 Å². The van der Waals surface area contributed by atoms with Crippen molar-refractivity contribution in [3.63, 3.8) is 0 Å². The lowest BCUT2D eigenvalue weighted by atomic mass is 10.0. The minimum absolute atomic E-state index is 0.0788. The summed E-state index contributed by atoms with van der Waals surface area (Å²) in [6.07, 6.45) is 4.34. The summed E-state index contributed by atoms with van der Waals surface area (Å²) in [6, 6.07) is 22.4. The summed E-state index contributed by atoms with van der Waals surface area (Å²) in [7, 11) is -3.66. The van der Waals surface area contributed by atoms with E-state index in [1.54, 1.807) is 24.3 Å². The number of rotatable bonds is 7. The van der Waals surface area contributed by atoms with E-state index < -0.39 is 10.0 Å². The van der Waals surface area contributed by atoms with Crippen molar-refractivity contribution < 1.29 is 12.8 Å². The van der Waals surface area contributed by atoms with Crippen molar-refractivity contribution in [3.05, 3.63) is 84.6 Å². The number of likely N-dealkylation sites (tertiary alicyclic amines) is 1. The van der Waals surface area contributed by atoms with E-state index in [-0.39, 0.29) is 10.9 Å². The average Bonchev–Trinajstić information content (AvgIpc) is 3.27. The normalized spacial score (nSPS) is 15.6. The molecular weight excluding hydrogens is 446 g/mol.